The summed E-state index contributed by atoms with van der Waals surface area (Å²) in [4.78, 5) is 0.266. The lowest BCUT2D eigenvalue weighted by Crippen LogP contribution is -2.39. The van der Waals surface area contributed by atoms with E-state index >= 15 is 0 Å². The third-order valence-electron chi connectivity index (χ3n) is 3.69. The molecule has 0 bridgehead atoms. The third kappa shape index (κ3) is 2.30. The fourth-order valence-corrected chi connectivity index (χ4v) is 5.89. The molecular formula is C15H15NO4S2. The van der Waals surface area contributed by atoms with E-state index in [0.29, 0.717) is 5.56 Å². The Morgan fingerprint density at radius 2 is 1.64 bits per heavy atom. The Bertz CT molecular complexity index is 934. The molecule has 0 unspecified atom stereocenters. The summed E-state index contributed by atoms with van der Waals surface area (Å²) in [6.45, 7) is 1.65. The second-order valence-electron chi connectivity index (χ2n) is 5.13. The maximum absolute atomic E-state index is 12.9. The maximum Gasteiger partial charge on any atom is 0.264 e. The fraction of sp³-hybridized carbons (Fsp3) is 0.200. The number of hydrogen-bond acceptors (Lipinski definition) is 4. The maximum atomic E-state index is 12.9. The minimum absolute atomic E-state index is 0.0680. The van der Waals surface area contributed by atoms with E-state index in [1.807, 2.05) is 0 Å². The Kier molecular flexibility index (Phi) is 3.49. The van der Waals surface area contributed by atoms with Gasteiger partial charge in [-0.3, -0.25) is 4.31 Å². The van der Waals surface area contributed by atoms with Crippen LogP contribution >= 0.6 is 0 Å². The molecule has 116 valence electrons. The van der Waals surface area contributed by atoms with Crippen LogP contribution in [0.2, 0.25) is 0 Å². The van der Waals surface area contributed by atoms with E-state index in [0.717, 1.165) is 0 Å². The number of sulfonamides is 1. The first kappa shape index (κ1) is 15.1. The molecule has 0 spiro atoms. The number of sulfone groups is 1. The first-order valence-electron chi connectivity index (χ1n) is 6.74. The summed E-state index contributed by atoms with van der Waals surface area (Å²) in [6, 6.07) is 12.9. The Hall–Kier alpha value is -1.86. The molecule has 5 nitrogen and oxygen atoms in total. The fourth-order valence-electron chi connectivity index (χ4n) is 2.57. The van der Waals surface area contributed by atoms with Crippen molar-refractivity contribution in [2.45, 2.75) is 16.7 Å². The molecule has 0 radical (unpaired) electrons. The third-order valence-corrected chi connectivity index (χ3v) is 7.40. The van der Waals surface area contributed by atoms with E-state index in [-0.39, 0.29) is 27.8 Å². The minimum Gasteiger partial charge on any atom is -0.264 e. The lowest BCUT2D eigenvalue weighted by Gasteiger charge is -2.30. The van der Waals surface area contributed by atoms with Gasteiger partial charge in [0.25, 0.3) is 10.0 Å². The van der Waals surface area contributed by atoms with Gasteiger partial charge in [0.15, 0.2) is 9.84 Å². The molecule has 22 heavy (non-hydrogen) atoms. The Morgan fingerprint density at radius 3 is 2.36 bits per heavy atom. The highest BCUT2D eigenvalue weighted by molar-refractivity contribution is 7.94. The molecule has 1 aliphatic heterocycles. The van der Waals surface area contributed by atoms with Crippen LogP contribution in [0.1, 0.15) is 5.56 Å². The van der Waals surface area contributed by atoms with Crippen molar-refractivity contribution in [3.63, 3.8) is 0 Å². The predicted octanol–water partition coefficient (Wildman–Crippen LogP) is 1.98. The van der Waals surface area contributed by atoms with Crippen LogP contribution in [0.4, 0.5) is 5.69 Å². The van der Waals surface area contributed by atoms with Gasteiger partial charge in [-0.25, -0.2) is 16.8 Å². The average Bonchev–Trinajstić information content (AvgIpc) is 2.47. The number of rotatable bonds is 2. The molecule has 0 aliphatic carbocycles. The van der Waals surface area contributed by atoms with Crippen molar-refractivity contribution in [2.75, 3.05) is 16.6 Å². The van der Waals surface area contributed by atoms with Gasteiger partial charge in [0.1, 0.15) is 0 Å². The van der Waals surface area contributed by atoms with Crippen molar-refractivity contribution in [3.05, 3.63) is 54.1 Å². The SMILES string of the molecule is Cc1ccccc1S(=O)(=O)N1CCS(=O)(=O)c2ccccc21. The smallest absolute Gasteiger partial charge is 0.264 e. The molecule has 0 saturated carbocycles. The molecule has 0 aromatic heterocycles. The van der Waals surface area contributed by atoms with E-state index < -0.39 is 19.9 Å². The van der Waals surface area contributed by atoms with Crippen molar-refractivity contribution in [1.82, 2.24) is 0 Å². The van der Waals surface area contributed by atoms with Crippen molar-refractivity contribution < 1.29 is 16.8 Å². The van der Waals surface area contributed by atoms with Crippen LogP contribution in [-0.2, 0) is 19.9 Å². The molecule has 2 aromatic carbocycles. The summed E-state index contributed by atoms with van der Waals surface area (Å²) in [5.74, 6) is -0.213. The predicted molar refractivity (Wildman–Crippen MR) is 84.2 cm³/mol. The van der Waals surface area contributed by atoms with Crippen LogP contribution < -0.4 is 4.31 Å². The molecular weight excluding hydrogens is 322 g/mol. The highest BCUT2D eigenvalue weighted by Gasteiger charge is 2.35. The van der Waals surface area contributed by atoms with E-state index in [9.17, 15) is 16.8 Å². The normalized spacial score (nSPS) is 17.0. The lowest BCUT2D eigenvalue weighted by molar-refractivity contribution is 0.583. The lowest BCUT2D eigenvalue weighted by atomic mass is 10.2. The summed E-state index contributed by atoms with van der Waals surface area (Å²) in [7, 11) is -7.22. The number of hydrogen-bond donors (Lipinski definition) is 0. The zero-order chi connectivity index (χ0) is 16.0. The van der Waals surface area contributed by atoms with E-state index in [2.05, 4.69) is 0 Å². The van der Waals surface area contributed by atoms with Gasteiger partial charge in [-0.2, -0.15) is 0 Å². The summed E-state index contributed by atoms with van der Waals surface area (Å²) in [5, 5.41) is 0. The minimum atomic E-state index is -3.79. The van der Waals surface area contributed by atoms with E-state index in [4.69, 9.17) is 0 Å². The van der Waals surface area contributed by atoms with Gasteiger partial charge in [0.05, 0.1) is 21.2 Å². The van der Waals surface area contributed by atoms with Gasteiger partial charge >= 0.3 is 0 Å². The van der Waals surface area contributed by atoms with Crippen molar-refractivity contribution >= 4 is 25.5 Å². The number of fused-ring (bicyclic) bond motifs is 1. The number of nitrogens with zero attached hydrogens (tertiary/aromatic N) is 1. The highest BCUT2D eigenvalue weighted by atomic mass is 32.2. The van der Waals surface area contributed by atoms with Crippen molar-refractivity contribution in [2.24, 2.45) is 0 Å². The van der Waals surface area contributed by atoms with Crippen molar-refractivity contribution in [1.29, 1.82) is 0 Å². The molecule has 0 atom stereocenters. The monoisotopic (exact) mass is 337 g/mol. The second kappa shape index (κ2) is 5.10. The zero-order valence-corrected chi connectivity index (χ0v) is 13.6. The molecule has 0 fully saturated rings. The average molecular weight is 337 g/mol. The summed E-state index contributed by atoms with van der Waals surface area (Å²) in [6.07, 6.45) is 0. The molecule has 0 saturated heterocycles. The van der Waals surface area contributed by atoms with Gasteiger partial charge in [-0.15, -0.1) is 0 Å². The van der Waals surface area contributed by atoms with Gasteiger partial charge in [-0.1, -0.05) is 30.3 Å². The van der Waals surface area contributed by atoms with Crippen LogP contribution in [0, 0.1) is 6.92 Å². The van der Waals surface area contributed by atoms with Crippen LogP contribution in [-0.4, -0.2) is 29.1 Å². The number of para-hydroxylation sites is 1. The zero-order valence-electron chi connectivity index (χ0n) is 11.9. The van der Waals surface area contributed by atoms with E-state index in [1.165, 1.54) is 22.5 Å². The van der Waals surface area contributed by atoms with E-state index in [1.54, 1.807) is 37.3 Å². The van der Waals surface area contributed by atoms with Gasteiger partial charge in [0, 0.05) is 6.54 Å². The quantitative estimate of drug-likeness (QED) is 0.840. The van der Waals surface area contributed by atoms with Crippen LogP contribution in [0.3, 0.4) is 0 Å². The molecule has 0 N–H and O–H groups in total. The summed E-state index contributed by atoms with van der Waals surface area (Å²) < 4.78 is 51.3. The highest BCUT2D eigenvalue weighted by Crippen LogP contribution is 2.34. The summed E-state index contributed by atoms with van der Waals surface area (Å²) in [5.41, 5.74) is 0.852. The van der Waals surface area contributed by atoms with Gasteiger partial charge in [0.2, 0.25) is 0 Å². The van der Waals surface area contributed by atoms with Crippen LogP contribution in [0.25, 0.3) is 0 Å². The van der Waals surface area contributed by atoms with Crippen molar-refractivity contribution in [3.8, 4) is 0 Å². The second-order valence-corrected chi connectivity index (χ2v) is 9.04. The molecule has 1 heterocycles. The molecule has 0 amide bonds. The number of aryl methyl sites for hydroxylation is 1. The Labute approximate surface area is 130 Å². The van der Waals surface area contributed by atoms with Crippen LogP contribution in [0.5, 0.6) is 0 Å². The molecule has 7 heteroatoms. The molecule has 2 aromatic rings. The molecule has 1 aliphatic rings. The first-order valence-corrected chi connectivity index (χ1v) is 9.83. The standard InChI is InChI=1S/C15H15NO4S2/c1-12-6-2-4-8-14(12)22(19,20)16-10-11-21(17,18)15-9-5-3-7-13(15)16/h2-9H,10-11H2,1H3. The topological polar surface area (TPSA) is 71.5 Å². The number of benzene rings is 2. The van der Waals surface area contributed by atoms with Gasteiger partial charge in [-0.05, 0) is 30.7 Å². The largest absolute Gasteiger partial charge is 0.264 e. The summed E-state index contributed by atoms with van der Waals surface area (Å²) >= 11 is 0. The first-order chi connectivity index (χ1) is 10.3. The number of anilines is 1. The van der Waals surface area contributed by atoms with Gasteiger partial charge < -0.3 is 0 Å². The Balaban J connectivity index is 2.20. The Morgan fingerprint density at radius 1 is 1.00 bits per heavy atom. The molecule has 3 rings (SSSR count). The van der Waals surface area contributed by atoms with Crippen LogP contribution in [0.15, 0.2) is 58.3 Å².